The highest BCUT2D eigenvalue weighted by Crippen LogP contribution is 2.41. The molecule has 2 aliphatic heterocycles. The molecule has 36 heavy (non-hydrogen) atoms. The standard InChI is InChI=1S/C21H25N7O6S2/c22-7-12-4-2-1-3-11(12)5-6-14(29)23-16-18(32)28-17(20(33)34)13(9-35-19(16)28)10-36-21-24-25-26-27(21)8-15(30)31/h1-2,16,19H,3-10,22H2,(H,23,29)(H,30,31)(H,33,34)/t16?,19-/m1/s1. The van der Waals surface area contributed by atoms with Crippen LogP contribution >= 0.6 is 23.5 Å². The van der Waals surface area contributed by atoms with Gasteiger partial charge in [-0.3, -0.25) is 19.3 Å². The fraction of sp³-hybridized carbons (Fsp3) is 0.476. The highest BCUT2D eigenvalue weighted by atomic mass is 32.2. The number of fused-ring (bicyclic) bond motifs is 1. The van der Waals surface area contributed by atoms with Gasteiger partial charge in [-0.05, 0) is 35.3 Å². The number of nitrogens with zero attached hydrogens (tertiary/aromatic N) is 5. The number of tetrazole rings is 1. The number of aromatic nitrogens is 4. The topological polar surface area (TPSA) is 194 Å². The number of hydrogen-bond donors (Lipinski definition) is 4. The van der Waals surface area contributed by atoms with E-state index in [1.165, 1.54) is 16.7 Å². The van der Waals surface area contributed by atoms with Crippen molar-refractivity contribution in [1.29, 1.82) is 0 Å². The van der Waals surface area contributed by atoms with Gasteiger partial charge in [0.25, 0.3) is 5.91 Å². The van der Waals surface area contributed by atoms with Crippen molar-refractivity contribution in [3.63, 3.8) is 0 Å². The van der Waals surface area contributed by atoms with Crippen molar-refractivity contribution in [3.8, 4) is 0 Å². The lowest BCUT2D eigenvalue weighted by atomic mass is 9.93. The Morgan fingerprint density at radius 3 is 2.64 bits per heavy atom. The largest absolute Gasteiger partial charge is 0.480 e. The molecular formula is C21H25N7O6S2. The smallest absolute Gasteiger partial charge is 0.352 e. The van der Waals surface area contributed by atoms with E-state index in [2.05, 4.69) is 33.0 Å². The SMILES string of the molecule is NCC1=C(CCC(=O)NC2C(=O)N3C(C(=O)O)=C(CSc4nnnn4CC(=O)O)CS[C@H]23)CC=CC1. The zero-order valence-corrected chi connectivity index (χ0v) is 20.8. The van der Waals surface area contributed by atoms with Crippen LogP contribution < -0.4 is 11.1 Å². The average Bonchev–Trinajstić information content (AvgIpc) is 3.30. The Hall–Kier alpha value is -3.17. The lowest BCUT2D eigenvalue weighted by molar-refractivity contribution is -0.150. The summed E-state index contributed by atoms with van der Waals surface area (Å²) in [5, 5.41) is 32.1. The number of thioether (sulfide) groups is 2. The minimum Gasteiger partial charge on any atom is -0.480 e. The molecule has 5 N–H and O–H groups in total. The Kier molecular flexibility index (Phi) is 8.11. The highest BCUT2D eigenvalue weighted by molar-refractivity contribution is 8.01. The van der Waals surface area contributed by atoms with Crippen molar-refractivity contribution in [2.24, 2.45) is 5.73 Å². The first-order chi connectivity index (χ1) is 17.3. The summed E-state index contributed by atoms with van der Waals surface area (Å²) < 4.78 is 1.10. The molecule has 1 saturated heterocycles. The van der Waals surface area contributed by atoms with Crippen LogP contribution in [0.5, 0.6) is 0 Å². The van der Waals surface area contributed by atoms with Crippen LogP contribution in [0.2, 0.25) is 0 Å². The summed E-state index contributed by atoms with van der Waals surface area (Å²) >= 11 is 2.46. The summed E-state index contributed by atoms with van der Waals surface area (Å²) in [7, 11) is 0. The lowest BCUT2D eigenvalue weighted by Crippen LogP contribution is -2.70. The molecule has 1 fully saturated rings. The molecule has 2 atom stereocenters. The van der Waals surface area contributed by atoms with Crippen molar-refractivity contribution < 1.29 is 29.4 Å². The highest BCUT2D eigenvalue weighted by Gasteiger charge is 2.54. The second kappa shape index (κ2) is 11.3. The quantitative estimate of drug-likeness (QED) is 0.168. The molecule has 192 valence electrons. The number of β-lactam (4-membered cyclic amide) rings is 1. The van der Waals surface area contributed by atoms with E-state index in [0.717, 1.165) is 40.4 Å². The lowest BCUT2D eigenvalue weighted by Gasteiger charge is -2.49. The minimum absolute atomic E-state index is 0.120. The molecule has 1 aliphatic carbocycles. The van der Waals surface area contributed by atoms with Crippen LogP contribution in [0.1, 0.15) is 25.7 Å². The van der Waals surface area contributed by atoms with Crippen LogP contribution in [0.15, 0.2) is 39.7 Å². The zero-order chi connectivity index (χ0) is 25.8. The van der Waals surface area contributed by atoms with Crippen molar-refractivity contribution in [2.45, 2.75) is 48.8 Å². The van der Waals surface area contributed by atoms with Gasteiger partial charge in [0.05, 0.1) is 0 Å². The second-order valence-electron chi connectivity index (χ2n) is 8.30. The molecule has 1 aromatic heterocycles. The maximum absolute atomic E-state index is 12.9. The Morgan fingerprint density at radius 2 is 1.94 bits per heavy atom. The molecule has 4 rings (SSSR count). The van der Waals surface area contributed by atoms with Crippen LogP contribution in [0.25, 0.3) is 0 Å². The van der Waals surface area contributed by atoms with E-state index >= 15 is 0 Å². The van der Waals surface area contributed by atoms with E-state index in [0.29, 0.717) is 24.3 Å². The van der Waals surface area contributed by atoms with E-state index in [9.17, 15) is 24.3 Å². The van der Waals surface area contributed by atoms with Crippen LogP contribution in [0.3, 0.4) is 0 Å². The molecule has 15 heteroatoms. The zero-order valence-electron chi connectivity index (χ0n) is 19.1. The van der Waals surface area contributed by atoms with Gasteiger partial charge in [0, 0.05) is 24.5 Å². The predicted molar refractivity (Wildman–Crippen MR) is 130 cm³/mol. The van der Waals surface area contributed by atoms with Gasteiger partial charge in [0.15, 0.2) is 0 Å². The van der Waals surface area contributed by atoms with Gasteiger partial charge in [-0.15, -0.1) is 16.9 Å². The minimum atomic E-state index is -1.24. The number of nitrogens with two attached hydrogens (primary N) is 1. The van der Waals surface area contributed by atoms with Crippen LogP contribution in [0, 0.1) is 0 Å². The van der Waals surface area contributed by atoms with Gasteiger partial charge in [-0.25, -0.2) is 9.48 Å². The van der Waals surface area contributed by atoms with E-state index in [1.807, 2.05) is 0 Å². The van der Waals surface area contributed by atoms with Gasteiger partial charge in [0.1, 0.15) is 23.7 Å². The van der Waals surface area contributed by atoms with Crippen molar-refractivity contribution in [2.75, 3.05) is 18.1 Å². The molecule has 0 saturated carbocycles. The number of carboxylic acids is 2. The fourth-order valence-electron chi connectivity index (χ4n) is 4.23. The van der Waals surface area contributed by atoms with Crippen LogP contribution in [-0.4, -0.2) is 88.5 Å². The molecule has 1 unspecified atom stereocenters. The molecular weight excluding hydrogens is 510 g/mol. The normalized spacial score (nSPS) is 21.4. The molecule has 0 aromatic carbocycles. The third-order valence-corrected chi connectivity index (χ3v) is 8.40. The Balaban J connectivity index is 1.38. The molecule has 0 spiro atoms. The molecule has 3 heterocycles. The third-order valence-electron chi connectivity index (χ3n) is 6.02. The first kappa shape index (κ1) is 25.9. The maximum atomic E-state index is 12.9. The Labute approximate surface area is 214 Å². The number of nitrogens with one attached hydrogen (secondary N) is 1. The van der Waals surface area contributed by atoms with Gasteiger partial charge < -0.3 is 21.3 Å². The molecule has 13 nitrogen and oxygen atoms in total. The predicted octanol–water partition coefficient (Wildman–Crippen LogP) is -0.0261. The fourth-order valence-corrected chi connectivity index (χ4v) is 6.59. The monoisotopic (exact) mass is 535 g/mol. The number of hydrogen-bond acceptors (Lipinski definition) is 10. The second-order valence-corrected chi connectivity index (χ2v) is 10.4. The number of aliphatic carboxylic acids is 2. The van der Waals surface area contributed by atoms with Crippen molar-refractivity contribution in [3.05, 3.63) is 34.6 Å². The van der Waals surface area contributed by atoms with E-state index < -0.39 is 35.8 Å². The van der Waals surface area contributed by atoms with E-state index in [1.54, 1.807) is 0 Å². The molecule has 1 aromatic rings. The number of carboxylic acid groups (broad SMARTS) is 2. The van der Waals surface area contributed by atoms with E-state index in [4.69, 9.17) is 10.8 Å². The summed E-state index contributed by atoms with van der Waals surface area (Å²) in [5.74, 6) is -2.61. The number of rotatable bonds is 11. The first-order valence-electron chi connectivity index (χ1n) is 11.1. The van der Waals surface area contributed by atoms with Crippen LogP contribution in [-0.2, 0) is 25.7 Å². The number of allylic oxidation sites excluding steroid dienone is 3. The Bertz CT molecular complexity index is 1180. The van der Waals surface area contributed by atoms with Crippen molar-refractivity contribution in [1.82, 2.24) is 30.4 Å². The van der Waals surface area contributed by atoms with Gasteiger partial charge in [-0.1, -0.05) is 35.1 Å². The molecule has 3 aliphatic rings. The Morgan fingerprint density at radius 1 is 1.19 bits per heavy atom. The van der Waals surface area contributed by atoms with Crippen molar-refractivity contribution >= 4 is 47.3 Å². The summed E-state index contributed by atoms with van der Waals surface area (Å²) in [6, 6.07) is -0.789. The number of amides is 2. The first-order valence-corrected chi connectivity index (χ1v) is 13.2. The van der Waals surface area contributed by atoms with Gasteiger partial charge in [-0.2, -0.15) is 0 Å². The average molecular weight is 536 g/mol. The third kappa shape index (κ3) is 5.47. The summed E-state index contributed by atoms with van der Waals surface area (Å²) in [4.78, 5) is 49.6. The van der Waals surface area contributed by atoms with E-state index in [-0.39, 0.29) is 28.9 Å². The van der Waals surface area contributed by atoms with Gasteiger partial charge in [0.2, 0.25) is 11.1 Å². The molecule has 0 bridgehead atoms. The molecule has 2 amide bonds. The number of carbonyl (C=O) groups is 4. The summed E-state index contributed by atoms with van der Waals surface area (Å²) in [5.41, 5.74) is 8.45. The molecule has 0 radical (unpaired) electrons. The maximum Gasteiger partial charge on any atom is 0.352 e. The van der Waals surface area contributed by atoms with Crippen LogP contribution in [0.4, 0.5) is 0 Å². The summed E-state index contributed by atoms with van der Waals surface area (Å²) in [6.07, 6.45) is 6.47. The number of carbonyl (C=O) groups excluding carboxylic acids is 2. The summed E-state index contributed by atoms with van der Waals surface area (Å²) in [6.45, 7) is 0.0277. The van der Waals surface area contributed by atoms with Gasteiger partial charge >= 0.3 is 11.9 Å².